The molecule has 1 amide bonds. The summed E-state index contributed by atoms with van der Waals surface area (Å²) >= 11 is 0. The number of carbonyl (C=O) groups excluding carboxylic acids is 1. The zero-order valence-electron chi connectivity index (χ0n) is 11.6. The highest BCUT2D eigenvalue weighted by Crippen LogP contribution is 2.23. The Morgan fingerprint density at radius 1 is 1.37 bits per heavy atom. The number of aliphatic hydroxyl groups is 1. The van der Waals surface area contributed by atoms with Gasteiger partial charge in [-0.3, -0.25) is 4.79 Å². The van der Waals surface area contributed by atoms with E-state index in [1.807, 2.05) is 19.1 Å². The topological polar surface area (TPSA) is 70.6 Å². The van der Waals surface area contributed by atoms with E-state index in [0.29, 0.717) is 24.4 Å². The van der Waals surface area contributed by atoms with Gasteiger partial charge in [-0.2, -0.15) is 0 Å². The van der Waals surface area contributed by atoms with Crippen LogP contribution in [-0.4, -0.2) is 36.8 Å². The van der Waals surface area contributed by atoms with E-state index < -0.39 is 6.10 Å². The molecule has 106 valence electrons. The van der Waals surface area contributed by atoms with Crippen molar-refractivity contribution >= 4 is 11.6 Å². The smallest absolute Gasteiger partial charge is 0.226 e. The molecule has 0 spiro atoms. The Kier molecular flexibility index (Phi) is 6.32. The summed E-state index contributed by atoms with van der Waals surface area (Å²) in [6.45, 7) is 4.09. The molecule has 3 N–H and O–H groups in total. The second-order valence-corrected chi connectivity index (χ2v) is 4.61. The molecule has 0 bridgehead atoms. The Balaban J connectivity index is 2.46. The highest BCUT2D eigenvalue weighted by atomic mass is 16.5. The first-order chi connectivity index (χ1) is 9.02. The molecule has 19 heavy (non-hydrogen) atoms. The average molecular weight is 266 g/mol. The van der Waals surface area contributed by atoms with Crippen molar-refractivity contribution in [1.82, 2.24) is 5.32 Å². The molecule has 2 atom stereocenters. The molecule has 0 radical (unpaired) electrons. The maximum absolute atomic E-state index is 11.9. The summed E-state index contributed by atoms with van der Waals surface area (Å²) in [6, 6.07) is 7.29. The minimum Gasteiger partial charge on any atom is -0.495 e. The molecule has 0 heterocycles. The normalized spacial score (nSPS) is 13.7. The van der Waals surface area contributed by atoms with E-state index in [1.165, 1.54) is 0 Å². The van der Waals surface area contributed by atoms with Crippen LogP contribution in [0.5, 0.6) is 5.75 Å². The maximum Gasteiger partial charge on any atom is 0.226 e. The summed E-state index contributed by atoms with van der Waals surface area (Å²) in [5.41, 5.74) is 0.665. The molecule has 0 saturated heterocycles. The minimum absolute atomic E-state index is 0.00399. The Hall–Kier alpha value is -1.59. The van der Waals surface area contributed by atoms with Gasteiger partial charge in [-0.05, 0) is 26.0 Å². The molecule has 1 aromatic rings. The molecule has 0 aromatic heterocycles. The molecule has 0 aliphatic carbocycles. The molecule has 1 rings (SSSR count). The molecular formula is C14H22N2O3. The number of para-hydroxylation sites is 2. The number of hydrogen-bond donors (Lipinski definition) is 3. The summed E-state index contributed by atoms with van der Waals surface area (Å²) in [7, 11) is 1.57. The Morgan fingerprint density at radius 2 is 2.05 bits per heavy atom. The Bertz CT molecular complexity index is 407. The summed E-state index contributed by atoms with van der Waals surface area (Å²) in [5.74, 6) is 0.551. The molecule has 5 nitrogen and oxygen atoms in total. The Morgan fingerprint density at radius 3 is 2.68 bits per heavy atom. The van der Waals surface area contributed by atoms with Gasteiger partial charge in [0.2, 0.25) is 5.91 Å². The second-order valence-electron chi connectivity index (χ2n) is 4.61. The lowest BCUT2D eigenvalue weighted by atomic mass is 10.2. The molecule has 2 unspecified atom stereocenters. The lowest BCUT2D eigenvalue weighted by Crippen LogP contribution is -2.35. The van der Waals surface area contributed by atoms with Gasteiger partial charge >= 0.3 is 0 Å². The van der Waals surface area contributed by atoms with Crippen molar-refractivity contribution in [2.24, 2.45) is 0 Å². The fraction of sp³-hybridized carbons (Fsp3) is 0.500. The third kappa shape index (κ3) is 5.72. The first-order valence-electron chi connectivity index (χ1n) is 6.37. The van der Waals surface area contributed by atoms with Gasteiger partial charge in [0.15, 0.2) is 0 Å². The van der Waals surface area contributed by atoms with Crippen LogP contribution < -0.4 is 15.4 Å². The number of ether oxygens (including phenoxy) is 1. The number of amides is 1. The number of nitrogens with one attached hydrogen (secondary N) is 2. The second kappa shape index (κ2) is 7.76. The number of methoxy groups -OCH3 is 1. The third-order valence-corrected chi connectivity index (χ3v) is 2.63. The largest absolute Gasteiger partial charge is 0.495 e. The average Bonchev–Trinajstić information content (AvgIpc) is 2.37. The van der Waals surface area contributed by atoms with E-state index in [4.69, 9.17) is 9.84 Å². The molecule has 0 fully saturated rings. The van der Waals surface area contributed by atoms with E-state index in [-0.39, 0.29) is 11.9 Å². The first-order valence-corrected chi connectivity index (χ1v) is 6.37. The Labute approximate surface area is 114 Å². The van der Waals surface area contributed by atoms with Crippen LogP contribution >= 0.6 is 0 Å². The van der Waals surface area contributed by atoms with Gasteiger partial charge in [0, 0.05) is 19.0 Å². The monoisotopic (exact) mass is 266 g/mol. The fourth-order valence-corrected chi connectivity index (χ4v) is 1.67. The number of benzene rings is 1. The van der Waals surface area contributed by atoms with Gasteiger partial charge in [-0.1, -0.05) is 12.1 Å². The number of rotatable bonds is 7. The summed E-state index contributed by atoms with van der Waals surface area (Å²) in [6.07, 6.45) is -0.0789. The standard InChI is InChI=1S/C14H22N2O3/c1-10(15-9-11(2)17)8-14(18)16-12-6-4-5-7-13(12)19-3/h4-7,10-11,15,17H,8-9H2,1-3H3,(H,16,18). The van der Waals surface area contributed by atoms with Gasteiger partial charge in [0.25, 0.3) is 0 Å². The van der Waals surface area contributed by atoms with Crippen molar-refractivity contribution in [1.29, 1.82) is 0 Å². The highest BCUT2D eigenvalue weighted by Gasteiger charge is 2.11. The molecule has 5 heteroatoms. The summed E-state index contributed by atoms with van der Waals surface area (Å²) in [5, 5.41) is 15.1. The fourth-order valence-electron chi connectivity index (χ4n) is 1.67. The van der Waals surface area contributed by atoms with Crippen LogP contribution in [0.3, 0.4) is 0 Å². The van der Waals surface area contributed by atoms with Gasteiger partial charge in [0.1, 0.15) is 5.75 Å². The molecule has 1 aromatic carbocycles. The number of carbonyl (C=O) groups is 1. The molecular weight excluding hydrogens is 244 g/mol. The van der Waals surface area contributed by atoms with Crippen LogP contribution in [0.1, 0.15) is 20.3 Å². The zero-order chi connectivity index (χ0) is 14.3. The predicted octanol–water partition coefficient (Wildman–Crippen LogP) is 1.38. The van der Waals surface area contributed by atoms with Crippen LogP contribution in [0.4, 0.5) is 5.69 Å². The van der Waals surface area contributed by atoms with Crippen LogP contribution in [0.25, 0.3) is 0 Å². The SMILES string of the molecule is COc1ccccc1NC(=O)CC(C)NCC(C)O. The van der Waals surface area contributed by atoms with Crippen LogP contribution in [0.2, 0.25) is 0 Å². The van der Waals surface area contributed by atoms with E-state index in [0.717, 1.165) is 0 Å². The lowest BCUT2D eigenvalue weighted by Gasteiger charge is -2.15. The third-order valence-electron chi connectivity index (χ3n) is 2.63. The zero-order valence-corrected chi connectivity index (χ0v) is 11.6. The number of anilines is 1. The predicted molar refractivity (Wildman–Crippen MR) is 75.4 cm³/mol. The summed E-state index contributed by atoms with van der Waals surface area (Å²) < 4.78 is 5.17. The van der Waals surface area contributed by atoms with Gasteiger partial charge in [0.05, 0.1) is 18.9 Å². The van der Waals surface area contributed by atoms with Crippen molar-refractivity contribution < 1.29 is 14.6 Å². The van der Waals surface area contributed by atoms with Crippen LogP contribution in [0.15, 0.2) is 24.3 Å². The van der Waals surface area contributed by atoms with E-state index in [1.54, 1.807) is 26.2 Å². The van der Waals surface area contributed by atoms with E-state index >= 15 is 0 Å². The van der Waals surface area contributed by atoms with Crippen molar-refractivity contribution in [2.75, 3.05) is 19.0 Å². The maximum atomic E-state index is 11.9. The van der Waals surface area contributed by atoms with Gasteiger partial charge in [-0.25, -0.2) is 0 Å². The number of hydrogen-bond acceptors (Lipinski definition) is 4. The molecule has 0 aliphatic rings. The van der Waals surface area contributed by atoms with Gasteiger partial charge < -0.3 is 20.5 Å². The van der Waals surface area contributed by atoms with Crippen molar-refractivity contribution in [3.63, 3.8) is 0 Å². The van der Waals surface area contributed by atoms with Crippen molar-refractivity contribution in [3.8, 4) is 5.75 Å². The quantitative estimate of drug-likeness (QED) is 0.697. The van der Waals surface area contributed by atoms with Crippen molar-refractivity contribution in [3.05, 3.63) is 24.3 Å². The number of aliphatic hydroxyl groups excluding tert-OH is 1. The van der Waals surface area contributed by atoms with E-state index in [9.17, 15) is 4.79 Å². The molecule has 0 saturated carbocycles. The summed E-state index contributed by atoms with van der Waals surface area (Å²) in [4.78, 5) is 11.9. The lowest BCUT2D eigenvalue weighted by molar-refractivity contribution is -0.116. The van der Waals surface area contributed by atoms with Crippen molar-refractivity contribution in [2.45, 2.75) is 32.4 Å². The van der Waals surface area contributed by atoms with E-state index in [2.05, 4.69) is 10.6 Å². The first kappa shape index (κ1) is 15.5. The minimum atomic E-state index is -0.417. The molecule has 0 aliphatic heterocycles. The van der Waals surface area contributed by atoms with Gasteiger partial charge in [-0.15, -0.1) is 0 Å². The van der Waals surface area contributed by atoms with Crippen LogP contribution in [0, 0.1) is 0 Å². The highest BCUT2D eigenvalue weighted by molar-refractivity contribution is 5.92. The van der Waals surface area contributed by atoms with Crippen LogP contribution in [-0.2, 0) is 4.79 Å².